The molecule has 120 valence electrons. The zero-order valence-electron chi connectivity index (χ0n) is 12.6. The highest BCUT2D eigenvalue weighted by atomic mass is 32.1. The minimum absolute atomic E-state index is 0.123. The van der Waals surface area contributed by atoms with Gasteiger partial charge in [0.25, 0.3) is 0 Å². The van der Waals surface area contributed by atoms with Gasteiger partial charge in [-0.25, -0.2) is 9.78 Å². The first-order valence-corrected chi connectivity index (χ1v) is 8.20. The molecule has 1 aromatic rings. The molecule has 0 unspecified atom stereocenters. The van der Waals surface area contributed by atoms with E-state index in [0.717, 1.165) is 17.0 Å². The molecule has 0 radical (unpaired) electrons. The van der Waals surface area contributed by atoms with Gasteiger partial charge >= 0.3 is 13.5 Å². The molecule has 0 aliphatic carbocycles. The fraction of sp³-hybridized carbons (Fsp3) is 0.357. The quantitative estimate of drug-likeness (QED) is 0.257. The van der Waals surface area contributed by atoms with Crippen molar-refractivity contribution in [3.8, 4) is 0 Å². The first-order valence-electron chi connectivity index (χ1n) is 7.32. The number of carbonyl (C=O) groups is 1. The molecule has 2 amide bonds. The van der Waals surface area contributed by atoms with Gasteiger partial charge in [0.2, 0.25) is 0 Å². The minimum atomic E-state index is -0.153. The minimum Gasteiger partial charge on any atom is -0.557 e. The van der Waals surface area contributed by atoms with Crippen LogP contribution in [0.1, 0.15) is 5.01 Å². The van der Waals surface area contributed by atoms with Crippen LogP contribution >= 0.6 is 11.3 Å². The summed E-state index contributed by atoms with van der Waals surface area (Å²) in [6.07, 6.45) is 6.95. The lowest BCUT2D eigenvalue weighted by molar-refractivity contribution is -0.107. The van der Waals surface area contributed by atoms with Crippen molar-refractivity contribution in [3.05, 3.63) is 35.3 Å². The van der Waals surface area contributed by atoms with E-state index in [4.69, 9.17) is 14.9 Å². The Morgan fingerprint density at radius 1 is 1.61 bits per heavy atom. The molecular formula is C14H17BN4O3S. The summed E-state index contributed by atoms with van der Waals surface area (Å²) < 4.78 is 5.04. The van der Waals surface area contributed by atoms with Gasteiger partial charge in [-0.2, -0.15) is 5.06 Å². The fourth-order valence-corrected chi connectivity index (χ4v) is 3.62. The van der Waals surface area contributed by atoms with Crippen LogP contribution in [0.25, 0.3) is 5.57 Å². The van der Waals surface area contributed by atoms with Gasteiger partial charge in [0.15, 0.2) is 0 Å². The number of hydrogen-bond acceptors (Lipinski definition) is 6. The highest BCUT2D eigenvalue weighted by Gasteiger charge is 2.46. The number of nitrogens with one attached hydrogen (secondary N) is 1. The van der Waals surface area contributed by atoms with Gasteiger partial charge in [-0.05, 0) is 12.4 Å². The number of hydroxylamine groups is 2. The van der Waals surface area contributed by atoms with Crippen LogP contribution in [0, 0.1) is 5.41 Å². The second kappa shape index (κ2) is 6.97. The second-order valence-corrected chi connectivity index (χ2v) is 6.06. The van der Waals surface area contributed by atoms with Crippen molar-refractivity contribution in [2.24, 2.45) is 0 Å². The molecular weight excluding hydrogens is 315 g/mol. The molecule has 1 fully saturated rings. The maximum absolute atomic E-state index is 12.6. The Kier molecular flexibility index (Phi) is 4.77. The van der Waals surface area contributed by atoms with Gasteiger partial charge in [-0.3, -0.25) is 10.2 Å². The van der Waals surface area contributed by atoms with Crippen molar-refractivity contribution in [1.82, 2.24) is 14.9 Å². The lowest BCUT2D eigenvalue weighted by atomic mass is 9.83. The van der Waals surface area contributed by atoms with Crippen LogP contribution in [0.3, 0.4) is 0 Å². The molecule has 0 aromatic carbocycles. The van der Waals surface area contributed by atoms with E-state index in [1.54, 1.807) is 28.5 Å². The predicted octanol–water partition coefficient (Wildman–Crippen LogP) is 1.53. The lowest BCUT2D eigenvalue weighted by Gasteiger charge is -2.30. The molecule has 9 heteroatoms. The van der Waals surface area contributed by atoms with E-state index >= 15 is 0 Å². The summed E-state index contributed by atoms with van der Waals surface area (Å²) in [6.45, 7) is 4.49. The highest BCUT2D eigenvalue weighted by Crippen LogP contribution is 2.36. The van der Waals surface area contributed by atoms with E-state index in [0.29, 0.717) is 20.3 Å². The van der Waals surface area contributed by atoms with Crippen LogP contribution in [0.4, 0.5) is 4.79 Å². The Bertz CT molecular complexity index is 622. The van der Waals surface area contributed by atoms with Crippen LogP contribution in [0.5, 0.6) is 0 Å². The Hall–Kier alpha value is -2.13. The first-order chi connectivity index (χ1) is 11.3. The molecule has 0 spiro atoms. The molecule has 3 heterocycles. The maximum Gasteiger partial charge on any atom is 0.345 e. The van der Waals surface area contributed by atoms with E-state index in [1.165, 1.54) is 5.06 Å². The summed E-state index contributed by atoms with van der Waals surface area (Å²) in [5.74, 6) is 0. The first kappa shape index (κ1) is 15.8. The summed E-state index contributed by atoms with van der Waals surface area (Å²) in [7, 11) is 0.374. The Morgan fingerprint density at radius 2 is 2.48 bits per heavy atom. The van der Waals surface area contributed by atoms with E-state index in [1.807, 2.05) is 5.38 Å². The molecule has 2 atom stereocenters. The van der Waals surface area contributed by atoms with Crippen LogP contribution < -0.4 is 0 Å². The van der Waals surface area contributed by atoms with Crippen LogP contribution in [0.15, 0.2) is 30.3 Å². The molecule has 2 aliphatic heterocycles. The van der Waals surface area contributed by atoms with Gasteiger partial charge in [0, 0.05) is 23.7 Å². The van der Waals surface area contributed by atoms with Crippen molar-refractivity contribution in [2.75, 3.05) is 13.2 Å². The number of amides is 2. The molecule has 23 heavy (non-hydrogen) atoms. The average molecular weight is 332 g/mol. The van der Waals surface area contributed by atoms with Crippen LogP contribution in [-0.2, 0) is 9.49 Å². The average Bonchev–Trinajstić information content (AvgIpc) is 3.17. The number of hydrogen-bond donors (Lipinski definition) is 1. The van der Waals surface area contributed by atoms with Gasteiger partial charge in [-0.15, -0.1) is 17.9 Å². The summed E-state index contributed by atoms with van der Waals surface area (Å²) >= 11 is 1.55. The smallest absolute Gasteiger partial charge is 0.345 e. The normalized spacial score (nSPS) is 22.8. The van der Waals surface area contributed by atoms with Crippen molar-refractivity contribution in [3.63, 3.8) is 0 Å². The Balaban J connectivity index is 1.87. The number of thiazole rings is 1. The third kappa shape index (κ3) is 3.02. The molecule has 2 aliphatic rings. The number of fused-ring (bicyclic) bond motifs is 2. The molecule has 2 bridgehead atoms. The molecule has 1 aromatic heterocycles. The summed E-state index contributed by atoms with van der Waals surface area (Å²) in [5.41, 5.74) is 1.02. The van der Waals surface area contributed by atoms with Crippen molar-refractivity contribution in [1.29, 1.82) is 5.41 Å². The molecule has 1 N–H and O–H groups in total. The van der Waals surface area contributed by atoms with Crippen molar-refractivity contribution >= 4 is 36.8 Å². The Labute approximate surface area is 138 Å². The number of rotatable bonds is 8. The second-order valence-electron chi connectivity index (χ2n) is 5.16. The number of carbonyl (C=O) groups excluding carboxylic acids is 1. The predicted molar refractivity (Wildman–Crippen MR) is 89.6 cm³/mol. The van der Waals surface area contributed by atoms with E-state index < -0.39 is 0 Å². The van der Waals surface area contributed by atoms with E-state index in [9.17, 15) is 4.79 Å². The molecule has 1 saturated heterocycles. The standard InChI is InChI=1S/C14H17BN4O3S/c1-2-4-22-19-10-6-11(13-17-3-5-23-13)12(7-15-21-9-16)18(8-10)14(19)20/h2-3,5-6,9-10,12,15-16H,1,4,7-8H2/t10-,12-/m1/s1. The van der Waals surface area contributed by atoms with Crippen LogP contribution in [0.2, 0.25) is 6.32 Å². The number of aromatic nitrogens is 1. The third-order valence-corrected chi connectivity index (χ3v) is 4.65. The SMILES string of the molecule is C=CCON1C(=O)N2C[C@H]1C=C(c1nccs1)[C@H]2CBOC=N. The lowest BCUT2D eigenvalue weighted by Crippen LogP contribution is -2.41. The van der Waals surface area contributed by atoms with Gasteiger partial charge < -0.3 is 9.55 Å². The number of urea groups is 1. The molecule has 3 rings (SSSR count). The summed E-state index contributed by atoms with van der Waals surface area (Å²) in [5, 5.41) is 11.2. The highest BCUT2D eigenvalue weighted by molar-refractivity contribution is 7.10. The van der Waals surface area contributed by atoms with Gasteiger partial charge in [-0.1, -0.05) is 6.08 Å². The zero-order chi connectivity index (χ0) is 16.2. The maximum atomic E-state index is 12.6. The summed E-state index contributed by atoms with van der Waals surface area (Å²) in [4.78, 5) is 24.3. The van der Waals surface area contributed by atoms with Crippen molar-refractivity contribution in [2.45, 2.75) is 18.4 Å². The third-order valence-electron chi connectivity index (χ3n) is 3.83. The fourth-order valence-electron chi connectivity index (χ4n) is 2.90. The van der Waals surface area contributed by atoms with Gasteiger partial charge in [0.05, 0.1) is 18.7 Å². The molecule has 0 saturated carbocycles. The molecule has 7 nitrogen and oxygen atoms in total. The van der Waals surface area contributed by atoms with E-state index in [-0.39, 0.29) is 24.7 Å². The van der Waals surface area contributed by atoms with E-state index in [2.05, 4.69) is 17.6 Å². The van der Waals surface area contributed by atoms with Crippen LogP contribution in [-0.4, -0.2) is 60.1 Å². The summed E-state index contributed by atoms with van der Waals surface area (Å²) in [6, 6.07) is -0.400. The Morgan fingerprint density at radius 3 is 3.17 bits per heavy atom. The topological polar surface area (TPSA) is 78.8 Å². The zero-order valence-corrected chi connectivity index (χ0v) is 13.4. The van der Waals surface area contributed by atoms with Crippen molar-refractivity contribution < 1.29 is 14.3 Å². The van der Waals surface area contributed by atoms with Gasteiger partial charge in [0.1, 0.15) is 11.4 Å². The monoisotopic (exact) mass is 332 g/mol. The largest absolute Gasteiger partial charge is 0.557 e. The number of nitrogens with zero attached hydrogens (tertiary/aromatic N) is 3.